The van der Waals surface area contributed by atoms with Gasteiger partial charge in [-0.2, -0.15) is 0 Å². The summed E-state index contributed by atoms with van der Waals surface area (Å²) in [6, 6.07) is 47.3. The molecule has 6 rings (SSSR count). The fourth-order valence-electron chi connectivity index (χ4n) is 4.41. The number of rotatable bonds is 7. The van der Waals surface area contributed by atoms with Crippen molar-refractivity contribution in [1.29, 1.82) is 0 Å². The van der Waals surface area contributed by atoms with Gasteiger partial charge in [0.05, 0.1) is 11.2 Å². The van der Waals surface area contributed by atoms with E-state index in [1.807, 2.05) is 72.8 Å². The second-order valence-electron chi connectivity index (χ2n) is 8.63. The van der Waals surface area contributed by atoms with Gasteiger partial charge < -0.3 is 14.0 Å². The molecule has 0 radical (unpaired) electrons. The largest absolute Gasteiger partial charge is 0.489 e. The van der Waals surface area contributed by atoms with Gasteiger partial charge in [-0.05, 0) is 71.8 Å². The van der Waals surface area contributed by atoms with E-state index < -0.39 is 0 Å². The molecule has 0 atom stereocenters. The van der Waals surface area contributed by atoms with Crippen LogP contribution in [0.4, 0.5) is 0 Å². The first kappa shape index (κ1) is 21.8. The Morgan fingerprint density at radius 3 is 1.89 bits per heavy atom. The molecule has 36 heavy (non-hydrogen) atoms. The average molecular weight is 468 g/mol. The topological polar surface area (TPSA) is 23.4 Å². The number of hydrogen-bond acceptors (Lipinski definition) is 2. The Bertz CT molecular complexity index is 1570. The van der Waals surface area contributed by atoms with E-state index in [9.17, 15) is 0 Å². The lowest BCUT2D eigenvalue weighted by atomic mass is 10.1. The number of ether oxygens (including phenoxy) is 2. The highest BCUT2D eigenvalue weighted by molar-refractivity contribution is 5.90. The van der Waals surface area contributed by atoms with Crippen LogP contribution < -0.4 is 9.47 Å². The summed E-state index contributed by atoms with van der Waals surface area (Å²) >= 11 is 0. The van der Waals surface area contributed by atoms with Crippen LogP contribution in [0.5, 0.6) is 17.2 Å². The van der Waals surface area contributed by atoms with Crippen LogP contribution >= 0.6 is 0 Å². The van der Waals surface area contributed by atoms with E-state index >= 15 is 0 Å². The van der Waals surface area contributed by atoms with Crippen molar-refractivity contribution in [1.82, 2.24) is 4.57 Å². The lowest BCUT2D eigenvalue weighted by molar-refractivity contribution is 0.306. The molecule has 1 aromatic heterocycles. The van der Waals surface area contributed by atoms with Gasteiger partial charge in [0.2, 0.25) is 0 Å². The van der Waals surface area contributed by atoms with E-state index in [2.05, 4.69) is 71.3 Å². The summed E-state index contributed by atoms with van der Waals surface area (Å²) in [7, 11) is 0. The lowest BCUT2D eigenvalue weighted by Crippen LogP contribution is -1.98. The van der Waals surface area contributed by atoms with Crippen LogP contribution in [0.25, 0.3) is 27.8 Å². The zero-order chi connectivity index (χ0) is 24.2. The molecule has 0 amide bonds. The van der Waals surface area contributed by atoms with Crippen LogP contribution in [0.15, 0.2) is 140 Å². The summed E-state index contributed by atoms with van der Waals surface area (Å²) in [5.74, 6) is 2.49. The minimum Gasteiger partial charge on any atom is -0.489 e. The maximum atomic E-state index is 6.10. The zero-order valence-electron chi connectivity index (χ0n) is 19.7. The standard InChI is InChI=1S/C33H25NO2/c1-4-10-25(11-5-1)24-35-29-18-16-28(17-19-29)34-32-21-20-31(36-30-14-8-3-9-15-30)22-27(32)23-33(34)26-12-6-2-7-13-26/h1-23H,24H2. The molecule has 0 spiro atoms. The predicted molar refractivity (Wildman–Crippen MR) is 146 cm³/mol. The van der Waals surface area contributed by atoms with Gasteiger partial charge in [0.25, 0.3) is 0 Å². The van der Waals surface area contributed by atoms with Gasteiger partial charge in [0.1, 0.15) is 23.9 Å². The fourth-order valence-corrected chi connectivity index (χ4v) is 4.41. The maximum Gasteiger partial charge on any atom is 0.128 e. The maximum absolute atomic E-state index is 6.10. The van der Waals surface area contributed by atoms with Crippen molar-refractivity contribution in [2.75, 3.05) is 0 Å². The van der Waals surface area contributed by atoms with Crippen molar-refractivity contribution in [3.63, 3.8) is 0 Å². The number of hydrogen-bond donors (Lipinski definition) is 0. The number of benzene rings is 5. The quantitative estimate of drug-likeness (QED) is 0.234. The predicted octanol–water partition coefficient (Wildman–Crippen LogP) is 8.67. The summed E-state index contributed by atoms with van der Waals surface area (Å²) in [5, 5.41) is 1.12. The molecule has 0 aliphatic carbocycles. The summed E-state index contributed by atoms with van der Waals surface area (Å²) in [4.78, 5) is 0. The van der Waals surface area contributed by atoms with Crippen molar-refractivity contribution in [2.45, 2.75) is 6.61 Å². The first-order chi connectivity index (χ1) is 17.8. The molecular weight excluding hydrogens is 442 g/mol. The normalized spacial score (nSPS) is 10.9. The second kappa shape index (κ2) is 9.85. The molecular formula is C33H25NO2. The molecule has 174 valence electrons. The molecule has 0 N–H and O–H groups in total. The minimum absolute atomic E-state index is 0.548. The van der Waals surface area contributed by atoms with Crippen molar-refractivity contribution in [3.8, 4) is 34.2 Å². The summed E-state index contributed by atoms with van der Waals surface area (Å²) in [5.41, 5.74) is 5.63. The van der Waals surface area contributed by atoms with Crippen LogP contribution in [0.3, 0.4) is 0 Å². The molecule has 1 heterocycles. The molecule has 3 heteroatoms. The Morgan fingerprint density at radius 2 is 1.17 bits per heavy atom. The van der Waals surface area contributed by atoms with E-state index in [0.717, 1.165) is 50.7 Å². The molecule has 0 bridgehead atoms. The van der Waals surface area contributed by atoms with Crippen LogP contribution in [0.2, 0.25) is 0 Å². The van der Waals surface area contributed by atoms with Crippen LogP contribution in [-0.4, -0.2) is 4.57 Å². The van der Waals surface area contributed by atoms with Crippen LogP contribution in [0.1, 0.15) is 5.56 Å². The van der Waals surface area contributed by atoms with Crippen molar-refractivity contribution >= 4 is 10.9 Å². The Kier molecular flexibility index (Phi) is 5.95. The monoisotopic (exact) mass is 467 g/mol. The molecule has 0 aliphatic heterocycles. The smallest absolute Gasteiger partial charge is 0.128 e. The van der Waals surface area contributed by atoms with Crippen molar-refractivity contribution in [3.05, 3.63) is 145 Å². The number of para-hydroxylation sites is 1. The van der Waals surface area contributed by atoms with Crippen LogP contribution in [-0.2, 0) is 6.61 Å². The Labute approximate surface area is 210 Å². The number of fused-ring (bicyclic) bond motifs is 1. The molecule has 0 saturated heterocycles. The van der Waals surface area contributed by atoms with Gasteiger partial charge in [0, 0.05) is 11.1 Å². The molecule has 0 aliphatic rings. The van der Waals surface area contributed by atoms with Gasteiger partial charge in [-0.3, -0.25) is 0 Å². The molecule has 0 fully saturated rings. The highest BCUT2D eigenvalue weighted by Crippen LogP contribution is 2.35. The fraction of sp³-hybridized carbons (Fsp3) is 0.0303. The Morgan fingerprint density at radius 1 is 0.528 bits per heavy atom. The highest BCUT2D eigenvalue weighted by Gasteiger charge is 2.14. The van der Waals surface area contributed by atoms with E-state index in [1.165, 1.54) is 0 Å². The van der Waals surface area contributed by atoms with E-state index in [0.29, 0.717) is 6.61 Å². The van der Waals surface area contributed by atoms with Crippen molar-refractivity contribution < 1.29 is 9.47 Å². The summed E-state index contributed by atoms with van der Waals surface area (Å²) in [6.45, 7) is 0.548. The Hall–Kier alpha value is -4.76. The van der Waals surface area contributed by atoms with Gasteiger partial charge in [-0.15, -0.1) is 0 Å². The molecule has 3 nitrogen and oxygen atoms in total. The molecule has 5 aromatic carbocycles. The first-order valence-corrected chi connectivity index (χ1v) is 12.0. The number of aromatic nitrogens is 1. The molecule has 6 aromatic rings. The molecule has 0 saturated carbocycles. The first-order valence-electron chi connectivity index (χ1n) is 12.0. The van der Waals surface area contributed by atoms with E-state index in [4.69, 9.17) is 9.47 Å². The summed E-state index contributed by atoms with van der Waals surface area (Å²) in [6.07, 6.45) is 0. The molecule has 0 unspecified atom stereocenters. The van der Waals surface area contributed by atoms with Gasteiger partial charge in [-0.1, -0.05) is 78.9 Å². The van der Waals surface area contributed by atoms with E-state index in [-0.39, 0.29) is 0 Å². The average Bonchev–Trinajstić information content (AvgIpc) is 3.33. The van der Waals surface area contributed by atoms with Gasteiger partial charge in [-0.25, -0.2) is 0 Å². The van der Waals surface area contributed by atoms with Crippen molar-refractivity contribution in [2.24, 2.45) is 0 Å². The van der Waals surface area contributed by atoms with Gasteiger partial charge in [0.15, 0.2) is 0 Å². The lowest BCUT2D eigenvalue weighted by Gasteiger charge is -2.13. The third kappa shape index (κ3) is 4.59. The SMILES string of the molecule is c1ccc(COc2ccc(-n3c(-c4ccccc4)cc4cc(Oc5ccccc5)ccc43)cc2)cc1. The number of nitrogens with zero attached hydrogens (tertiary/aromatic N) is 1. The van der Waals surface area contributed by atoms with Crippen LogP contribution in [0, 0.1) is 0 Å². The zero-order valence-corrected chi connectivity index (χ0v) is 19.7. The summed E-state index contributed by atoms with van der Waals surface area (Å²) < 4.78 is 14.4. The Balaban J connectivity index is 1.36. The highest BCUT2D eigenvalue weighted by atomic mass is 16.5. The van der Waals surface area contributed by atoms with Gasteiger partial charge >= 0.3 is 0 Å². The second-order valence-corrected chi connectivity index (χ2v) is 8.63. The van der Waals surface area contributed by atoms with E-state index in [1.54, 1.807) is 0 Å². The minimum atomic E-state index is 0.548. The third-order valence-corrected chi connectivity index (χ3v) is 6.16. The third-order valence-electron chi connectivity index (χ3n) is 6.16.